The molecule has 1 atom stereocenters. The van der Waals surface area contributed by atoms with E-state index in [9.17, 15) is 24.5 Å². The fourth-order valence-corrected chi connectivity index (χ4v) is 4.90. The van der Waals surface area contributed by atoms with Crippen molar-refractivity contribution in [3.8, 4) is 11.5 Å². The summed E-state index contributed by atoms with van der Waals surface area (Å²) in [6.45, 7) is 10.6. The van der Waals surface area contributed by atoms with Crippen LogP contribution in [0.5, 0.6) is 11.5 Å². The maximum Gasteiger partial charge on any atom is 0.437 e. The summed E-state index contributed by atoms with van der Waals surface area (Å²) in [6, 6.07) is 20.5. The number of nitro groups is 1. The second-order valence-corrected chi connectivity index (χ2v) is 13.5. The van der Waals surface area contributed by atoms with Crippen LogP contribution >= 0.6 is 0 Å². The molecule has 2 N–H and O–H groups in total. The van der Waals surface area contributed by atoms with Gasteiger partial charge >= 0.3 is 12.2 Å². The zero-order valence-corrected chi connectivity index (χ0v) is 29.1. The van der Waals surface area contributed by atoms with Gasteiger partial charge in [-0.05, 0) is 83.4 Å². The highest BCUT2D eigenvalue weighted by molar-refractivity contribution is 6.00. The van der Waals surface area contributed by atoms with Crippen molar-refractivity contribution in [2.24, 2.45) is 10.7 Å². The van der Waals surface area contributed by atoms with Gasteiger partial charge in [0.2, 0.25) is 5.96 Å². The van der Waals surface area contributed by atoms with E-state index in [1.165, 1.54) is 12.1 Å². The van der Waals surface area contributed by atoms with Gasteiger partial charge in [-0.25, -0.2) is 14.5 Å². The van der Waals surface area contributed by atoms with Crippen LogP contribution in [0, 0.1) is 10.1 Å². The number of fused-ring (bicyclic) bond motifs is 1. The molecule has 3 aromatic rings. The molecule has 14 nitrogen and oxygen atoms in total. The molecule has 0 saturated heterocycles. The van der Waals surface area contributed by atoms with Crippen molar-refractivity contribution in [3.05, 3.63) is 94.0 Å². The molecule has 14 heteroatoms. The lowest BCUT2D eigenvalue weighted by Crippen LogP contribution is -2.46. The van der Waals surface area contributed by atoms with Crippen molar-refractivity contribution in [3.63, 3.8) is 0 Å². The number of anilines is 1. The van der Waals surface area contributed by atoms with E-state index in [4.69, 9.17) is 24.7 Å². The number of ether oxygens (including phenoxy) is 4. The number of nitrogens with two attached hydrogens (primary N) is 1. The monoisotopic (exact) mass is 689 g/mol. The van der Waals surface area contributed by atoms with E-state index in [0.717, 1.165) is 10.5 Å². The van der Waals surface area contributed by atoms with E-state index >= 15 is 0 Å². The minimum Gasteiger partial charge on any atom is -0.493 e. The molecule has 0 fully saturated rings. The lowest BCUT2D eigenvalue weighted by molar-refractivity contribution is -0.384. The molecule has 4 rings (SSSR count). The molecule has 0 aromatic heterocycles. The minimum atomic E-state index is -0.926. The van der Waals surface area contributed by atoms with E-state index in [-0.39, 0.29) is 43.7 Å². The molecule has 3 aromatic carbocycles. The average molecular weight is 690 g/mol. The molecule has 0 bridgehead atoms. The summed E-state index contributed by atoms with van der Waals surface area (Å²) in [5.41, 5.74) is 6.45. The SMILES string of the molecule is CC(C)(C)OC(=O)N=C(N)N(CCc1ccc(OCCC2Oc3ccccc3N(Cc3cccc([N+](=O)[O-])c3)C2=O)cc1)C(=O)OC(C)(C)C. The largest absolute Gasteiger partial charge is 0.493 e. The zero-order valence-electron chi connectivity index (χ0n) is 29.1. The third-order valence-corrected chi connectivity index (χ3v) is 7.11. The molecule has 3 amide bonds. The van der Waals surface area contributed by atoms with Crippen molar-refractivity contribution in [1.82, 2.24) is 4.90 Å². The summed E-state index contributed by atoms with van der Waals surface area (Å²) in [4.78, 5) is 55.9. The number of guanidine groups is 1. The Hall–Kier alpha value is -5.66. The Morgan fingerprint density at radius 1 is 0.960 bits per heavy atom. The van der Waals surface area contributed by atoms with Crippen molar-refractivity contribution in [2.45, 2.75) is 78.2 Å². The number of amides is 3. The van der Waals surface area contributed by atoms with Gasteiger partial charge in [0, 0.05) is 25.1 Å². The Balaban J connectivity index is 1.37. The van der Waals surface area contributed by atoms with Crippen LogP contribution < -0.4 is 20.1 Å². The summed E-state index contributed by atoms with van der Waals surface area (Å²) in [5.74, 6) is 0.460. The van der Waals surface area contributed by atoms with Crippen LogP contribution in [0.25, 0.3) is 0 Å². The number of non-ortho nitro benzene ring substituents is 1. The van der Waals surface area contributed by atoms with Gasteiger partial charge in [-0.2, -0.15) is 0 Å². The number of nitro benzene ring substituents is 1. The third kappa shape index (κ3) is 10.7. The lowest BCUT2D eigenvalue weighted by atomic mass is 10.1. The highest BCUT2D eigenvalue weighted by Gasteiger charge is 2.34. The van der Waals surface area contributed by atoms with E-state index in [0.29, 0.717) is 29.2 Å². The van der Waals surface area contributed by atoms with Gasteiger partial charge in [-0.3, -0.25) is 14.9 Å². The zero-order chi connectivity index (χ0) is 36.6. The van der Waals surface area contributed by atoms with E-state index in [1.54, 1.807) is 88.9 Å². The van der Waals surface area contributed by atoms with E-state index < -0.39 is 34.4 Å². The third-order valence-electron chi connectivity index (χ3n) is 7.11. The molecule has 266 valence electrons. The van der Waals surface area contributed by atoms with Gasteiger partial charge in [0.05, 0.1) is 23.8 Å². The molecule has 1 aliphatic heterocycles. The molecular formula is C36H43N5O9. The molecule has 0 spiro atoms. The van der Waals surface area contributed by atoms with Crippen LogP contribution in [-0.2, 0) is 27.2 Å². The van der Waals surface area contributed by atoms with Gasteiger partial charge in [0.1, 0.15) is 22.7 Å². The second-order valence-electron chi connectivity index (χ2n) is 13.5. The van der Waals surface area contributed by atoms with Crippen molar-refractivity contribution >= 4 is 35.4 Å². The van der Waals surface area contributed by atoms with Gasteiger partial charge in [0.25, 0.3) is 11.6 Å². The number of hydrogen-bond donors (Lipinski definition) is 1. The van der Waals surface area contributed by atoms with Gasteiger partial charge in [-0.15, -0.1) is 4.99 Å². The minimum absolute atomic E-state index is 0.0518. The lowest BCUT2D eigenvalue weighted by Gasteiger charge is -2.34. The van der Waals surface area contributed by atoms with Crippen molar-refractivity contribution in [2.75, 3.05) is 18.1 Å². The molecule has 0 aliphatic carbocycles. The fraction of sp³-hybridized carbons (Fsp3) is 0.389. The van der Waals surface area contributed by atoms with Gasteiger partial charge < -0.3 is 29.6 Å². The maximum atomic E-state index is 13.5. The van der Waals surface area contributed by atoms with Crippen molar-refractivity contribution in [1.29, 1.82) is 0 Å². The first kappa shape index (κ1) is 37.2. The fourth-order valence-electron chi connectivity index (χ4n) is 4.90. The summed E-state index contributed by atoms with van der Waals surface area (Å²) < 4.78 is 22.6. The highest BCUT2D eigenvalue weighted by atomic mass is 16.6. The van der Waals surface area contributed by atoms with E-state index in [1.807, 2.05) is 18.2 Å². The number of benzene rings is 3. The summed E-state index contributed by atoms with van der Waals surface area (Å²) in [7, 11) is 0. The number of hydrogen-bond acceptors (Lipinski definition) is 9. The number of rotatable bonds is 10. The van der Waals surface area contributed by atoms with Gasteiger partial charge in [0.15, 0.2) is 6.10 Å². The Labute approximate surface area is 290 Å². The van der Waals surface area contributed by atoms with Crippen LogP contribution in [-0.4, -0.2) is 64.3 Å². The standard InChI is InChI=1S/C36H43N5O9/c1-35(2,3)49-33(43)38-32(37)39(34(44)50-36(4,5)6)20-18-24-14-16-27(17-15-24)47-21-19-30-31(42)40(28-12-7-8-13-29(28)48-30)23-25-10-9-11-26(22-25)41(45)46/h7-17,22,30H,18-21,23H2,1-6H3,(H2,37,38,43). The highest BCUT2D eigenvalue weighted by Crippen LogP contribution is 2.36. The van der Waals surface area contributed by atoms with Crippen molar-refractivity contribution < 1.29 is 38.3 Å². The first-order valence-electron chi connectivity index (χ1n) is 16.1. The molecule has 1 unspecified atom stereocenters. The second kappa shape index (κ2) is 15.7. The van der Waals surface area contributed by atoms with Crippen LogP contribution in [0.15, 0.2) is 77.8 Å². The van der Waals surface area contributed by atoms with Crippen LogP contribution in [0.2, 0.25) is 0 Å². The summed E-state index contributed by atoms with van der Waals surface area (Å²) in [6.07, 6.45) is -1.90. The first-order chi connectivity index (χ1) is 23.5. The van der Waals surface area contributed by atoms with Crippen LogP contribution in [0.1, 0.15) is 59.1 Å². The Kier molecular flexibility index (Phi) is 11.7. The molecule has 1 aliphatic rings. The van der Waals surface area contributed by atoms with Crippen LogP contribution in [0.3, 0.4) is 0 Å². The number of aliphatic imine (C=N–C) groups is 1. The quantitative estimate of drug-likeness (QED) is 0.109. The average Bonchev–Trinajstić information content (AvgIpc) is 3.02. The molecule has 1 heterocycles. The molecule has 0 radical (unpaired) electrons. The number of carbonyl (C=O) groups is 3. The smallest absolute Gasteiger partial charge is 0.437 e. The number of nitrogens with zero attached hydrogens (tertiary/aromatic N) is 4. The van der Waals surface area contributed by atoms with E-state index in [2.05, 4.69) is 4.99 Å². The summed E-state index contributed by atoms with van der Waals surface area (Å²) in [5, 5.41) is 11.3. The first-order valence-corrected chi connectivity index (χ1v) is 16.1. The van der Waals surface area contributed by atoms with Crippen LogP contribution in [0.4, 0.5) is 21.0 Å². The topological polar surface area (TPSA) is 176 Å². The predicted molar refractivity (Wildman–Crippen MR) is 186 cm³/mol. The Morgan fingerprint density at radius 3 is 2.30 bits per heavy atom. The maximum absolute atomic E-state index is 13.5. The molecule has 50 heavy (non-hydrogen) atoms. The van der Waals surface area contributed by atoms with Gasteiger partial charge in [-0.1, -0.05) is 36.4 Å². The molecule has 0 saturated carbocycles. The molecular weight excluding hydrogens is 646 g/mol. The Bertz CT molecular complexity index is 1730. The predicted octanol–water partition coefficient (Wildman–Crippen LogP) is 6.39. The Morgan fingerprint density at radius 2 is 1.64 bits per heavy atom. The number of carbonyl (C=O) groups excluding carboxylic acids is 3. The normalized spacial score (nSPS) is 14.7. The number of para-hydroxylation sites is 2. The summed E-state index contributed by atoms with van der Waals surface area (Å²) >= 11 is 0.